The van der Waals surface area contributed by atoms with Gasteiger partial charge in [0.25, 0.3) is 5.91 Å². The Labute approximate surface area is 116 Å². The molecule has 2 rings (SSSR count). The quantitative estimate of drug-likeness (QED) is 0.528. The maximum Gasteiger partial charge on any atom is 0.282 e. The third-order valence-electron chi connectivity index (χ3n) is 2.95. The van der Waals surface area contributed by atoms with Crippen LogP contribution in [0.15, 0.2) is 42.7 Å². The number of aryl methyl sites for hydroxylation is 1. The van der Waals surface area contributed by atoms with Gasteiger partial charge in [-0.1, -0.05) is 18.2 Å². The van der Waals surface area contributed by atoms with Gasteiger partial charge in [-0.05, 0) is 31.5 Å². The summed E-state index contributed by atoms with van der Waals surface area (Å²) in [5, 5.41) is 10.6. The maximum atomic E-state index is 12.3. The molecule has 1 N–H and O–H groups in total. The van der Waals surface area contributed by atoms with Crippen LogP contribution in [0.4, 0.5) is 5.69 Å². The lowest BCUT2D eigenvalue weighted by molar-refractivity contribution is 0.0848. The van der Waals surface area contributed by atoms with Gasteiger partial charge in [-0.25, -0.2) is 0 Å². The number of nitrogens with zero attached hydrogens (tertiary/aromatic N) is 2. The summed E-state index contributed by atoms with van der Waals surface area (Å²) in [7, 11) is 0. The molecule has 2 aromatic rings. The first-order valence-electron chi connectivity index (χ1n) is 6.06. The van der Waals surface area contributed by atoms with Crippen molar-refractivity contribution in [1.29, 1.82) is 0 Å². The number of rotatable bonds is 3. The van der Waals surface area contributed by atoms with Crippen LogP contribution in [0.2, 0.25) is 0 Å². The Kier molecular flexibility index (Phi) is 3.91. The molecular weight excluding hydrogens is 256 g/mol. The van der Waals surface area contributed by atoms with Gasteiger partial charge in [-0.3, -0.25) is 19.8 Å². The average molecular weight is 270 g/mol. The zero-order valence-electron chi connectivity index (χ0n) is 11.2. The van der Waals surface area contributed by atoms with Gasteiger partial charge in [0.2, 0.25) is 0 Å². The SMILES string of the molecule is CC(=O)c1ccccc1C(=O)N(O)c1ccncc1C. The number of hydroxylamine groups is 1. The molecule has 5 heteroatoms. The van der Waals surface area contributed by atoms with Crippen molar-refractivity contribution in [1.82, 2.24) is 4.98 Å². The van der Waals surface area contributed by atoms with E-state index in [0.29, 0.717) is 16.3 Å². The van der Waals surface area contributed by atoms with E-state index in [1.165, 1.54) is 25.3 Å². The Morgan fingerprint density at radius 2 is 1.80 bits per heavy atom. The Balaban J connectivity index is 2.42. The van der Waals surface area contributed by atoms with Crippen LogP contribution in [0.5, 0.6) is 0 Å². The van der Waals surface area contributed by atoms with Crippen molar-refractivity contribution >= 4 is 17.4 Å². The van der Waals surface area contributed by atoms with Crippen LogP contribution in [-0.2, 0) is 0 Å². The normalized spacial score (nSPS) is 10.2. The number of aromatic nitrogens is 1. The summed E-state index contributed by atoms with van der Waals surface area (Å²) in [4.78, 5) is 27.8. The first kappa shape index (κ1) is 13.9. The van der Waals surface area contributed by atoms with Crippen molar-refractivity contribution in [2.45, 2.75) is 13.8 Å². The maximum absolute atomic E-state index is 12.3. The van der Waals surface area contributed by atoms with Crippen molar-refractivity contribution in [3.8, 4) is 0 Å². The van der Waals surface area contributed by atoms with Gasteiger partial charge in [0.05, 0.1) is 11.3 Å². The molecule has 0 aliphatic rings. The molecule has 0 fully saturated rings. The van der Waals surface area contributed by atoms with Gasteiger partial charge in [-0.15, -0.1) is 0 Å². The zero-order chi connectivity index (χ0) is 14.7. The van der Waals surface area contributed by atoms with E-state index in [4.69, 9.17) is 0 Å². The molecule has 0 aliphatic heterocycles. The Morgan fingerprint density at radius 1 is 1.15 bits per heavy atom. The van der Waals surface area contributed by atoms with Crippen LogP contribution in [-0.4, -0.2) is 21.9 Å². The summed E-state index contributed by atoms with van der Waals surface area (Å²) in [6.45, 7) is 3.11. The van der Waals surface area contributed by atoms with E-state index >= 15 is 0 Å². The van der Waals surface area contributed by atoms with Crippen molar-refractivity contribution in [3.05, 3.63) is 59.4 Å². The van der Waals surface area contributed by atoms with Crippen molar-refractivity contribution in [2.75, 3.05) is 5.06 Å². The number of carbonyl (C=O) groups excluding carboxylic acids is 2. The van der Waals surface area contributed by atoms with Crippen LogP contribution in [0.3, 0.4) is 0 Å². The molecule has 1 heterocycles. The van der Waals surface area contributed by atoms with Crippen LogP contribution < -0.4 is 5.06 Å². The monoisotopic (exact) mass is 270 g/mol. The summed E-state index contributed by atoms with van der Waals surface area (Å²) in [5.41, 5.74) is 1.44. The summed E-state index contributed by atoms with van der Waals surface area (Å²) in [6, 6.07) is 7.92. The van der Waals surface area contributed by atoms with Crippen molar-refractivity contribution < 1.29 is 14.8 Å². The summed E-state index contributed by atoms with van der Waals surface area (Å²) < 4.78 is 0. The second kappa shape index (κ2) is 5.63. The lowest BCUT2D eigenvalue weighted by Crippen LogP contribution is -2.29. The minimum absolute atomic E-state index is 0.165. The molecule has 0 saturated carbocycles. The van der Waals surface area contributed by atoms with Gasteiger partial charge >= 0.3 is 0 Å². The fourth-order valence-corrected chi connectivity index (χ4v) is 1.90. The van der Waals surface area contributed by atoms with E-state index in [9.17, 15) is 14.8 Å². The molecule has 102 valence electrons. The van der Waals surface area contributed by atoms with Crippen LogP contribution >= 0.6 is 0 Å². The van der Waals surface area contributed by atoms with E-state index in [1.54, 1.807) is 31.3 Å². The Bertz CT molecular complexity index is 668. The highest BCUT2D eigenvalue weighted by Gasteiger charge is 2.21. The number of Topliss-reactive ketones (excluding diaryl/α,β-unsaturated/α-hetero) is 1. The molecule has 0 atom stereocenters. The number of pyridine rings is 1. The number of amides is 1. The summed E-state index contributed by atoms with van der Waals surface area (Å²) in [5.74, 6) is -0.876. The van der Waals surface area contributed by atoms with E-state index in [-0.39, 0.29) is 16.9 Å². The van der Waals surface area contributed by atoms with Gasteiger partial charge in [0.15, 0.2) is 5.78 Å². The molecule has 5 nitrogen and oxygen atoms in total. The van der Waals surface area contributed by atoms with Crippen molar-refractivity contribution in [3.63, 3.8) is 0 Å². The number of ketones is 1. The minimum Gasteiger partial charge on any atom is -0.294 e. The molecule has 1 amide bonds. The fraction of sp³-hybridized carbons (Fsp3) is 0.133. The number of anilines is 1. The number of carbonyl (C=O) groups is 2. The second-order valence-electron chi connectivity index (χ2n) is 4.38. The highest BCUT2D eigenvalue weighted by Crippen LogP contribution is 2.20. The molecular formula is C15H14N2O3. The minimum atomic E-state index is -0.648. The average Bonchev–Trinajstić information content (AvgIpc) is 2.46. The van der Waals surface area contributed by atoms with Crippen LogP contribution in [0, 0.1) is 6.92 Å². The van der Waals surface area contributed by atoms with Crippen LogP contribution in [0.1, 0.15) is 33.2 Å². The topological polar surface area (TPSA) is 70.5 Å². The smallest absolute Gasteiger partial charge is 0.282 e. The van der Waals surface area contributed by atoms with Gasteiger partial charge in [0, 0.05) is 18.0 Å². The third kappa shape index (κ3) is 2.57. The molecule has 0 aliphatic carbocycles. The highest BCUT2D eigenvalue weighted by molar-refractivity contribution is 6.12. The lowest BCUT2D eigenvalue weighted by atomic mass is 10.0. The zero-order valence-corrected chi connectivity index (χ0v) is 11.2. The standard InChI is InChI=1S/C15H14N2O3/c1-10-9-16-8-7-14(10)17(20)15(19)13-6-4-3-5-12(13)11(2)18/h3-9,20H,1-2H3. The van der Waals surface area contributed by atoms with E-state index < -0.39 is 5.91 Å². The first-order valence-corrected chi connectivity index (χ1v) is 6.06. The largest absolute Gasteiger partial charge is 0.294 e. The second-order valence-corrected chi connectivity index (χ2v) is 4.38. The van der Waals surface area contributed by atoms with Crippen molar-refractivity contribution in [2.24, 2.45) is 0 Å². The predicted octanol–water partition coefficient (Wildman–Crippen LogP) is 2.63. The predicted molar refractivity (Wildman–Crippen MR) is 74.0 cm³/mol. The molecule has 0 bridgehead atoms. The van der Waals surface area contributed by atoms with Gasteiger partial charge < -0.3 is 0 Å². The molecule has 0 saturated heterocycles. The van der Waals surface area contributed by atoms with Crippen LogP contribution in [0.25, 0.3) is 0 Å². The molecule has 1 aromatic heterocycles. The van der Waals surface area contributed by atoms with E-state index in [0.717, 1.165) is 0 Å². The first-order chi connectivity index (χ1) is 9.52. The lowest BCUT2D eigenvalue weighted by Gasteiger charge is -2.17. The Hall–Kier alpha value is -2.53. The number of benzene rings is 1. The van der Waals surface area contributed by atoms with Gasteiger partial charge in [0.1, 0.15) is 0 Å². The summed E-state index contributed by atoms with van der Waals surface area (Å²) in [6.07, 6.45) is 3.03. The molecule has 20 heavy (non-hydrogen) atoms. The number of hydrogen-bond acceptors (Lipinski definition) is 4. The Morgan fingerprint density at radius 3 is 2.40 bits per heavy atom. The number of hydrogen-bond donors (Lipinski definition) is 1. The highest BCUT2D eigenvalue weighted by atomic mass is 16.5. The fourth-order valence-electron chi connectivity index (χ4n) is 1.90. The van der Waals surface area contributed by atoms with E-state index in [2.05, 4.69) is 4.98 Å². The van der Waals surface area contributed by atoms with E-state index in [1.807, 2.05) is 0 Å². The van der Waals surface area contributed by atoms with Gasteiger partial charge in [-0.2, -0.15) is 5.06 Å². The third-order valence-corrected chi connectivity index (χ3v) is 2.95. The molecule has 0 radical (unpaired) electrons. The molecule has 0 unspecified atom stereocenters. The summed E-state index contributed by atoms with van der Waals surface area (Å²) >= 11 is 0. The molecule has 0 spiro atoms. The molecule has 1 aromatic carbocycles.